The van der Waals surface area contributed by atoms with Crippen LogP contribution in [0.4, 0.5) is 4.39 Å². The predicted octanol–water partition coefficient (Wildman–Crippen LogP) is 2.26. The summed E-state index contributed by atoms with van der Waals surface area (Å²) in [6, 6.07) is 5.04. The second-order valence-electron chi connectivity index (χ2n) is 7.37. The zero-order valence-corrected chi connectivity index (χ0v) is 16.7. The lowest BCUT2D eigenvalue weighted by molar-refractivity contribution is 0.0627. The first-order valence-corrected chi connectivity index (χ1v) is 9.79. The highest BCUT2D eigenvalue weighted by Gasteiger charge is 2.39. The highest BCUT2D eigenvalue weighted by Crippen LogP contribution is 2.35. The molecule has 1 aromatic carbocycles. The third kappa shape index (κ3) is 2.87. The van der Waals surface area contributed by atoms with E-state index in [9.17, 15) is 9.18 Å². The van der Waals surface area contributed by atoms with E-state index >= 15 is 0 Å². The van der Waals surface area contributed by atoms with E-state index in [2.05, 4.69) is 30.2 Å². The number of aromatic nitrogens is 7. The molecule has 160 valence electrons. The van der Waals surface area contributed by atoms with Crippen molar-refractivity contribution in [2.45, 2.75) is 12.5 Å². The molecular formula is C20H15FN8O3. The summed E-state index contributed by atoms with van der Waals surface area (Å²) in [4.78, 5) is 26.8. The van der Waals surface area contributed by atoms with Crippen molar-refractivity contribution in [2.75, 3.05) is 6.54 Å². The minimum Gasteiger partial charge on any atom is -0.438 e. The first-order valence-electron chi connectivity index (χ1n) is 9.79. The molecule has 0 saturated heterocycles. The fourth-order valence-corrected chi connectivity index (χ4v) is 3.85. The third-order valence-electron chi connectivity index (χ3n) is 5.33. The SMILES string of the molecule is Cn1ccc(-c2nnc(C(=O)N3CCc4[nH]cnc4[C@H]3c3nc4cc(F)ccc4o3)o2)n1. The van der Waals surface area contributed by atoms with Crippen LogP contribution in [0.1, 0.15) is 34.0 Å². The van der Waals surface area contributed by atoms with Crippen LogP contribution in [0, 0.1) is 5.82 Å². The Balaban J connectivity index is 1.40. The van der Waals surface area contributed by atoms with Gasteiger partial charge in [0.05, 0.1) is 12.0 Å². The highest BCUT2D eigenvalue weighted by atomic mass is 19.1. The summed E-state index contributed by atoms with van der Waals surface area (Å²) in [5.74, 6) is -0.748. The molecule has 0 spiro atoms. The summed E-state index contributed by atoms with van der Waals surface area (Å²) in [5, 5.41) is 12.1. The van der Waals surface area contributed by atoms with E-state index in [0.717, 1.165) is 5.69 Å². The Morgan fingerprint density at radius 2 is 2.16 bits per heavy atom. The number of nitrogens with one attached hydrogen (secondary N) is 1. The van der Waals surface area contributed by atoms with Gasteiger partial charge in [-0.05, 0) is 18.2 Å². The Morgan fingerprint density at radius 3 is 3.00 bits per heavy atom. The Hall–Kier alpha value is -4.35. The molecule has 6 rings (SSSR count). The first kappa shape index (κ1) is 18.4. The Kier molecular flexibility index (Phi) is 3.93. The van der Waals surface area contributed by atoms with E-state index in [1.165, 1.54) is 23.1 Å². The van der Waals surface area contributed by atoms with Crippen LogP contribution in [0.2, 0.25) is 0 Å². The smallest absolute Gasteiger partial charge is 0.312 e. The molecule has 0 saturated carbocycles. The quantitative estimate of drug-likeness (QED) is 0.457. The van der Waals surface area contributed by atoms with Gasteiger partial charge in [0, 0.05) is 38.0 Å². The zero-order valence-electron chi connectivity index (χ0n) is 16.7. The number of imidazole rings is 1. The van der Waals surface area contributed by atoms with Crippen molar-refractivity contribution in [3.63, 3.8) is 0 Å². The molecule has 0 fully saturated rings. The summed E-state index contributed by atoms with van der Waals surface area (Å²) >= 11 is 0. The average Bonchev–Trinajstić information content (AvgIpc) is 3.57. The normalized spacial score (nSPS) is 15.9. The van der Waals surface area contributed by atoms with E-state index in [0.29, 0.717) is 35.5 Å². The second-order valence-corrected chi connectivity index (χ2v) is 7.37. The van der Waals surface area contributed by atoms with Gasteiger partial charge in [-0.15, -0.1) is 10.2 Å². The van der Waals surface area contributed by atoms with Gasteiger partial charge in [-0.3, -0.25) is 9.48 Å². The predicted molar refractivity (Wildman–Crippen MR) is 106 cm³/mol. The van der Waals surface area contributed by atoms with Crippen LogP contribution in [0.25, 0.3) is 22.7 Å². The Bertz CT molecular complexity index is 1460. The van der Waals surface area contributed by atoms with Crippen molar-refractivity contribution in [3.05, 3.63) is 65.8 Å². The molecule has 12 heteroatoms. The monoisotopic (exact) mass is 434 g/mol. The van der Waals surface area contributed by atoms with Crippen LogP contribution in [0.3, 0.4) is 0 Å². The lowest BCUT2D eigenvalue weighted by Crippen LogP contribution is -2.41. The van der Waals surface area contributed by atoms with E-state index in [1.807, 2.05) is 0 Å². The Morgan fingerprint density at radius 1 is 1.25 bits per heavy atom. The van der Waals surface area contributed by atoms with Crippen LogP contribution in [0.15, 0.2) is 45.6 Å². The molecule has 0 unspecified atom stereocenters. The van der Waals surface area contributed by atoms with Gasteiger partial charge in [0.2, 0.25) is 5.89 Å². The molecule has 0 bridgehead atoms. The summed E-state index contributed by atoms with van der Waals surface area (Å²) in [6.07, 6.45) is 3.84. The van der Waals surface area contributed by atoms with Crippen molar-refractivity contribution >= 4 is 17.0 Å². The van der Waals surface area contributed by atoms with Gasteiger partial charge >= 0.3 is 11.8 Å². The summed E-state index contributed by atoms with van der Waals surface area (Å²) < 4.78 is 26.7. The number of oxazole rings is 1. The number of amides is 1. The minimum atomic E-state index is -0.738. The standard InChI is InChI=1S/C20H15FN8O3/c1-28-6-4-12(27-28)17-25-26-19(32-17)20(30)29-7-5-11-15(23-9-22-11)16(29)18-24-13-8-10(21)2-3-14(13)31-18/h2-4,6,8-9,16H,5,7H2,1H3,(H,22,23)/t16-/m0/s1. The van der Waals surface area contributed by atoms with Gasteiger partial charge < -0.3 is 18.7 Å². The molecule has 1 N–H and O–H groups in total. The van der Waals surface area contributed by atoms with E-state index in [-0.39, 0.29) is 17.7 Å². The van der Waals surface area contributed by atoms with Gasteiger partial charge in [-0.25, -0.2) is 14.4 Å². The van der Waals surface area contributed by atoms with Crippen molar-refractivity contribution in [3.8, 4) is 11.6 Å². The Labute approximate surface area is 178 Å². The number of carbonyl (C=O) groups excluding carboxylic acids is 1. The number of nitrogens with zero attached hydrogens (tertiary/aromatic N) is 7. The molecule has 0 aliphatic carbocycles. The van der Waals surface area contributed by atoms with E-state index < -0.39 is 17.8 Å². The second kappa shape index (κ2) is 6.83. The van der Waals surface area contributed by atoms with Crippen LogP contribution in [0.5, 0.6) is 0 Å². The number of carbonyl (C=O) groups is 1. The fraction of sp³-hybridized carbons (Fsp3) is 0.200. The van der Waals surface area contributed by atoms with Crippen LogP contribution in [-0.2, 0) is 13.5 Å². The molecular weight excluding hydrogens is 419 g/mol. The van der Waals surface area contributed by atoms with Gasteiger partial charge in [-0.1, -0.05) is 0 Å². The number of hydrogen-bond acceptors (Lipinski definition) is 8. The zero-order chi connectivity index (χ0) is 21.8. The van der Waals surface area contributed by atoms with Crippen LogP contribution >= 0.6 is 0 Å². The van der Waals surface area contributed by atoms with Gasteiger partial charge in [-0.2, -0.15) is 5.10 Å². The van der Waals surface area contributed by atoms with Crippen LogP contribution in [-0.4, -0.2) is 52.3 Å². The number of aryl methyl sites for hydroxylation is 1. The minimum absolute atomic E-state index is 0.139. The fourth-order valence-electron chi connectivity index (χ4n) is 3.85. The maximum Gasteiger partial charge on any atom is 0.312 e. The maximum atomic E-state index is 13.6. The average molecular weight is 434 g/mol. The van der Waals surface area contributed by atoms with Crippen molar-refractivity contribution in [1.29, 1.82) is 0 Å². The number of halogens is 1. The molecule has 4 aromatic heterocycles. The highest BCUT2D eigenvalue weighted by molar-refractivity contribution is 5.90. The number of benzene rings is 1. The van der Waals surface area contributed by atoms with Gasteiger partial charge in [0.25, 0.3) is 5.89 Å². The van der Waals surface area contributed by atoms with Crippen molar-refractivity contribution in [1.82, 2.24) is 39.8 Å². The van der Waals surface area contributed by atoms with Crippen molar-refractivity contribution in [2.24, 2.45) is 7.05 Å². The number of rotatable bonds is 3. The number of aromatic amines is 1. The molecule has 5 aromatic rings. The van der Waals surface area contributed by atoms with Gasteiger partial charge in [0.15, 0.2) is 11.6 Å². The molecule has 0 radical (unpaired) electrons. The lowest BCUT2D eigenvalue weighted by Gasteiger charge is -2.31. The molecule has 1 aliphatic rings. The largest absolute Gasteiger partial charge is 0.438 e. The first-order chi connectivity index (χ1) is 15.6. The lowest BCUT2D eigenvalue weighted by atomic mass is 10.0. The topological polar surface area (TPSA) is 132 Å². The van der Waals surface area contributed by atoms with E-state index in [4.69, 9.17) is 8.83 Å². The molecule has 32 heavy (non-hydrogen) atoms. The van der Waals surface area contributed by atoms with Crippen LogP contribution < -0.4 is 0 Å². The molecule has 1 amide bonds. The molecule has 1 atom stereocenters. The van der Waals surface area contributed by atoms with Crippen molar-refractivity contribution < 1.29 is 18.0 Å². The molecule has 5 heterocycles. The maximum absolute atomic E-state index is 13.6. The molecule has 11 nitrogen and oxygen atoms in total. The summed E-state index contributed by atoms with van der Waals surface area (Å²) in [5.41, 5.74) is 2.69. The van der Waals surface area contributed by atoms with Gasteiger partial charge in [0.1, 0.15) is 17.0 Å². The number of H-pyrrole nitrogens is 1. The number of hydrogen-bond donors (Lipinski definition) is 1. The summed E-state index contributed by atoms with van der Waals surface area (Å²) in [7, 11) is 1.76. The van der Waals surface area contributed by atoms with E-state index in [1.54, 1.807) is 30.3 Å². The summed E-state index contributed by atoms with van der Waals surface area (Å²) in [6.45, 7) is 0.340. The third-order valence-corrected chi connectivity index (χ3v) is 5.33. The number of fused-ring (bicyclic) bond motifs is 2. The molecule has 1 aliphatic heterocycles.